The Kier molecular flexibility index (Phi) is 4.04. The second kappa shape index (κ2) is 5.81. The molecule has 112 valence electrons. The fourth-order valence-corrected chi connectivity index (χ4v) is 3.26. The van der Waals surface area contributed by atoms with E-state index in [1.807, 2.05) is 6.92 Å². The van der Waals surface area contributed by atoms with Crippen LogP contribution in [0, 0.1) is 13.8 Å². The van der Waals surface area contributed by atoms with Gasteiger partial charge in [-0.2, -0.15) is 0 Å². The van der Waals surface area contributed by atoms with Crippen molar-refractivity contribution in [3.05, 3.63) is 51.0 Å². The average molecular weight is 308 g/mol. The van der Waals surface area contributed by atoms with E-state index in [0.717, 1.165) is 16.3 Å². The van der Waals surface area contributed by atoms with E-state index < -0.39 is 6.43 Å². The number of benzene rings is 1. The highest BCUT2D eigenvalue weighted by molar-refractivity contribution is 7.11. The minimum absolute atomic E-state index is 0.00150. The Hall–Kier alpha value is -1.33. The number of aromatic nitrogens is 1. The van der Waals surface area contributed by atoms with Gasteiger partial charge in [-0.3, -0.25) is 0 Å². The first-order valence-corrected chi connectivity index (χ1v) is 7.94. The second-order valence-corrected chi connectivity index (χ2v) is 6.77. The molecular weight excluding hydrogens is 290 g/mol. The van der Waals surface area contributed by atoms with E-state index in [1.54, 1.807) is 23.5 Å². The molecule has 1 aromatic carbocycles. The maximum atomic E-state index is 12.7. The Morgan fingerprint density at radius 1 is 1.14 bits per heavy atom. The quantitative estimate of drug-likeness (QED) is 0.877. The van der Waals surface area contributed by atoms with E-state index in [1.165, 1.54) is 29.9 Å². The molecular formula is C16H18F2N2S. The van der Waals surface area contributed by atoms with Crippen LogP contribution in [0.2, 0.25) is 0 Å². The third kappa shape index (κ3) is 3.30. The number of hydrogen-bond donors (Lipinski definition) is 1. The minimum atomic E-state index is -2.42. The standard InChI is InChI=1S/C16H18F2N2S/c1-9-10(2)21-16(19-9)14(20-13-7-8-13)11-3-5-12(6-4-11)15(17)18/h3-6,13-15,20H,7-8H2,1-2H3. The summed E-state index contributed by atoms with van der Waals surface area (Å²) in [4.78, 5) is 5.84. The fraction of sp³-hybridized carbons (Fsp3) is 0.438. The van der Waals surface area contributed by atoms with Gasteiger partial charge in [0.15, 0.2) is 0 Å². The van der Waals surface area contributed by atoms with Crippen molar-refractivity contribution in [2.24, 2.45) is 0 Å². The molecule has 0 spiro atoms. The van der Waals surface area contributed by atoms with Gasteiger partial charge in [-0.25, -0.2) is 13.8 Å². The zero-order valence-electron chi connectivity index (χ0n) is 12.1. The van der Waals surface area contributed by atoms with Crippen LogP contribution in [0.5, 0.6) is 0 Å². The SMILES string of the molecule is Cc1nc(C(NC2CC2)c2ccc(C(F)F)cc2)sc1C. The summed E-state index contributed by atoms with van der Waals surface area (Å²) in [5, 5.41) is 4.59. The summed E-state index contributed by atoms with van der Waals surface area (Å²) in [6.07, 6.45) is -0.0672. The molecule has 0 saturated heterocycles. The molecule has 0 bridgehead atoms. The van der Waals surface area contributed by atoms with Gasteiger partial charge < -0.3 is 5.32 Å². The van der Waals surface area contributed by atoms with Crippen LogP contribution in [0.3, 0.4) is 0 Å². The van der Waals surface area contributed by atoms with Gasteiger partial charge in [0.25, 0.3) is 6.43 Å². The van der Waals surface area contributed by atoms with Crippen molar-refractivity contribution in [2.45, 2.75) is 45.2 Å². The fourth-order valence-electron chi connectivity index (χ4n) is 2.25. The van der Waals surface area contributed by atoms with Crippen LogP contribution in [-0.4, -0.2) is 11.0 Å². The van der Waals surface area contributed by atoms with Gasteiger partial charge >= 0.3 is 0 Å². The molecule has 1 atom stereocenters. The Labute approximate surface area is 127 Å². The van der Waals surface area contributed by atoms with E-state index in [-0.39, 0.29) is 11.6 Å². The van der Waals surface area contributed by atoms with E-state index in [9.17, 15) is 8.78 Å². The largest absolute Gasteiger partial charge is 0.301 e. The van der Waals surface area contributed by atoms with Crippen LogP contribution in [0.25, 0.3) is 0 Å². The minimum Gasteiger partial charge on any atom is -0.301 e. The molecule has 1 aliphatic rings. The molecule has 1 N–H and O–H groups in total. The summed E-state index contributed by atoms with van der Waals surface area (Å²) in [6, 6.07) is 7.11. The predicted octanol–water partition coefficient (Wildman–Crippen LogP) is 4.54. The number of alkyl halides is 2. The zero-order valence-corrected chi connectivity index (χ0v) is 12.9. The average Bonchev–Trinajstić information content (AvgIpc) is 3.22. The van der Waals surface area contributed by atoms with Crippen molar-refractivity contribution >= 4 is 11.3 Å². The number of rotatable bonds is 5. The molecule has 1 heterocycles. The van der Waals surface area contributed by atoms with Crippen molar-refractivity contribution < 1.29 is 8.78 Å². The molecule has 1 fully saturated rings. The lowest BCUT2D eigenvalue weighted by molar-refractivity contribution is 0.151. The maximum Gasteiger partial charge on any atom is 0.263 e. The molecule has 1 aliphatic carbocycles. The molecule has 21 heavy (non-hydrogen) atoms. The summed E-state index contributed by atoms with van der Waals surface area (Å²) in [7, 11) is 0. The number of aryl methyl sites for hydroxylation is 2. The van der Waals surface area contributed by atoms with Crippen molar-refractivity contribution in [3.63, 3.8) is 0 Å². The van der Waals surface area contributed by atoms with Crippen LogP contribution in [0.1, 0.15) is 52.0 Å². The number of halogens is 2. The molecule has 2 nitrogen and oxygen atoms in total. The van der Waals surface area contributed by atoms with Crippen molar-refractivity contribution in [2.75, 3.05) is 0 Å². The smallest absolute Gasteiger partial charge is 0.263 e. The van der Waals surface area contributed by atoms with E-state index in [2.05, 4.69) is 17.2 Å². The van der Waals surface area contributed by atoms with E-state index >= 15 is 0 Å². The Balaban J connectivity index is 1.90. The molecule has 1 aromatic heterocycles. The Morgan fingerprint density at radius 2 is 1.76 bits per heavy atom. The van der Waals surface area contributed by atoms with E-state index in [0.29, 0.717) is 6.04 Å². The topological polar surface area (TPSA) is 24.9 Å². The lowest BCUT2D eigenvalue weighted by atomic mass is 10.1. The van der Waals surface area contributed by atoms with Gasteiger partial charge in [0.2, 0.25) is 0 Å². The van der Waals surface area contributed by atoms with Crippen LogP contribution in [-0.2, 0) is 0 Å². The molecule has 1 unspecified atom stereocenters. The van der Waals surface area contributed by atoms with Crippen LogP contribution in [0.15, 0.2) is 24.3 Å². The molecule has 0 radical (unpaired) electrons. The summed E-state index contributed by atoms with van der Waals surface area (Å²) in [6.45, 7) is 4.06. The van der Waals surface area contributed by atoms with Gasteiger partial charge in [-0.1, -0.05) is 24.3 Å². The molecule has 0 aliphatic heterocycles. The first kappa shape index (κ1) is 14.6. The van der Waals surface area contributed by atoms with Crippen molar-refractivity contribution in [3.8, 4) is 0 Å². The highest BCUT2D eigenvalue weighted by Crippen LogP contribution is 2.32. The normalized spacial score (nSPS) is 16.4. The van der Waals surface area contributed by atoms with Gasteiger partial charge in [0.1, 0.15) is 5.01 Å². The monoisotopic (exact) mass is 308 g/mol. The Bertz CT molecular complexity index is 598. The highest BCUT2D eigenvalue weighted by atomic mass is 32.1. The van der Waals surface area contributed by atoms with Crippen LogP contribution < -0.4 is 5.32 Å². The lowest BCUT2D eigenvalue weighted by Crippen LogP contribution is -2.24. The molecule has 5 heteroatoms. The maximum absolute atomic E-state index is 12.7. The second-order valence-electron chi connectivity index (χ2n) is 5.54. The molecule has 3 rings (SSSR count). The van der Waals surface area contributed by atoms with E-state index in [4.69, 9.17) is 0 Å². The predicted molar refractivity (Wildman–Crippen MR) is 81.0 cm³/mol. The number of nitrogens with one attached hydrogen (secondary N) is 1. The number of hydrogen-bond acceptors (Lipinski definition) is 3. The summed E-state index contributed by atoms with van der Waals surface area (Å²) in [5.41, 5.74) is 2.11. The van der Waals surface area contributed by atoms with Crippen molar-refractivity contribution in [1.82, 2.24) is 10.3 Å². The van der Waals surface area contributed by atoms with Gasteiger partial charge in [-0.15, -0.1) is 11.3 Å². The first-order chi connectivity index (χ1) is 10.0. The summed E-state index contributed by atoms with van der Waals surface area (Å²) in [5.74, 6) is 0. The number of thiazole rings is 1. The molecule has 0 amide bonds. The summed E-state index contributed by atoms with van der Waals surface area (Å²) >= 11 is 1.68. The lowest BCUT2D eigenvalue weighted by Gasteiger charge is -2.17. The number of nitrogens with zero attached hydrogens (tertiary/aromatic N) is 1. The Morgan fingerprint density at radius 3 is 2.24 bits per heavy atom. The molecule has 1 saturated carbocycles. The third-order valence-corrected chi connectivity index (χ3v) is 4.93. The van der Waals surface area contributed by atoms with Crippen molar-refractivity contribution in [1.29, 1.82) is 0 Å². The first-order valence-electron chi connectivity index (χ1n) is 7.12. The van der Waals surface area contributed by atoms with Gasteiger partial charge in [0.05, 0.1) is 11.7 Å². The molecule has 2 aromatic rings. The van der Waals surface area contributed by atoms with Crippen LogP contribution >= 0.6 is 11.3 Å². The summed E-state index contributed by atoms with van der Waals surface area (Å²) < 4.78 is 25.3. The van der Waals surface area contributed by atoms with Gasteiger partial charge in [0, 0.05) is 16.5 Å². The van der Waals surface area contributed by atoms with Gasteiger partial charge in [-0.05, 0) is 32.3 Å². The highest BCUT2D eigenvalue weighted by Gasteiger charge is 2.28. The zero-order chi connectivity index (χ0) is 15.0. The third-order valence-electron chi connectivity index (χ3n) is 3.79. The van der Waals surface area contributed by atoms with Crippen LogP contribution in [0.4, 0.5) is 8.78 Å².